The van der Waals surface area contributed by atoms with Crippen LogP contribution in [-0.2, 0) is 4.74 Å². The molecule has 1 fully saturated rings. The van der Waals surface area contributed by atoms with Crippen molar-refractivity contribution in [1.82, 2.24) is 34.7 Å². The number of ether oxygens (including phenoxy) is 2. The monoisotopic (exact) mass is 523 g/mol. The number of aryl methyl sites for hydroxylation is 1. The normalized spacial score (nSPS) is 18.4. The van der Waals surface area contributed by atoms with E-state index < -0.39 is 0 Å². The maximum absolute atomic E-state index is 5.59. The molecule has 1 saturated carbocycles. The predicted molar refractivity (Wildman–Crippen MR) is 147 cm³/mol. The number of pyridine rings is 1. The van der Waals surface area contributed by atoms with Crippen LogP contribution < -0.4 is 4.74 Å². The molecule has 4 heterocycles. The molecule has 0 amide bonds. The highest BCUT2D eigenvalue weighted by Crippen LogP contribution is 2.43. The Balaban J connectivity index is 1.42. The summed E-state index contributed by atoms with van der Waals surface area (Å²) in [5, 5.41) is 13.4. The number of rotatable bonds is 9. The number of aromatic nitrogens is 6. The van der Waals surface area contributed by atoms with Gasteiger partial charge in [0.15, 0.2) is 11.4 Å². The van der Waals surface area contributed by atoms with E-state index in [0.717, 1.165) is 46.4 Å². The van der Waals surface area contributed by atoms with E-state index in [-0.39, 0.29) is 5.92 Å². The molecule has 1 aliphatic carbocycles. The van der Waals surface area contributed by atoms with Crippen molar-refractivity contribution >= 4 is 17.0 Å². The van der Waals surface area contributed by atoms with Crippen molar-refractivity contribution in [3.8, 4) is 27.7 Å². The smallest absolute Gasteiger partial charge is 0.197 e. The second-order valence-electron chi connectivity index (χ2n) is 10.3. The Morgan fingerprint density at radius 2 is 2.00 bits per heavy atom. The van der Waals surface area contributed by atoms with Crippen molar-refractivity contribution in [2.75, 3.05) is 34.4 Å². The second kappa shape index (κ2) is 10.9. The molecule has 1 aliphatic rings. The van der Waals surface area contributed by atoms with E-state index in [1.807, 2.05) is 23.6 Å². The highest BCUT2D eigenvalue weighted by Gasteiger charge is 2.29. The lowest BCUT2D eigenvalue weighted by Crippen LogP contribution is -2.36. The van der Waals surface area contributed by atoms with Gasteiger partial charge in [0.1, 0.15) is 11.3 Å². The van der Waals surface area contributed by atoms with Crippen molar-refractivity contribution in [3.05, 3.63) is 34.7 Å². The number of methoxy groups -OCH3 is 2. The average molecular weight is 524 g/mol. The summed E-state index contributed by atoms with van der Waals surface area (Å²) in [4.78, 5) is 13.2. The first-order valence-electron chi connectivity index (χ1n) is 13.0. The predicted octanol–water partition coefficient (Wildman–Crippen LogP) is 5.29. The lowest BCUT2D eigenvalue weighted by Gasteiger charge is -2.34. The molecule has 10 heteroatoms. The quantitative estimate of drug-likeness (QED) is 0.319. The molecule has 9 nitrogen and oxygen atoms in total. The van der Waals surface area contributed by atoms with E-state index in [2.05, 4.69) is 47.9 Å². The zero-order valence-electron chi connectivity index (χ0n) is 22.6. The maximum Gasteiger partial charge on any atom is 0.197 e. The van der Waals surface area contributed by atoms with Gasteiger partial charge in [-0.1, -0.05) is 13.8 Å². The molecular weight excluding hydrogens is 486 g/mol. The largest absolute Gasteiger partial charge is 0.493 e. The molecule has 0 unspecified atom stereocenters. The van der Waals surface area contributed by atoms with E-state index >= 15 is 0 Å². The summed E-state index contributed by atoms with van der Waals surface area (Å²) in [5.74, 6) is 1.50. The third kappa shape index (κ3) is 5.02. The van der Waals surface area contributed by atoms with E-state index in [9.17, 15) is 0 Å². The number of likely N-dealkylation sites (N-methyl/N-ethyl adjacent to an activating group) is 1. The van der Waals surface area contributed by atoms with E-state index in [1.54, 1.807) is 18.7 Å². The summed E-state index contributed by atoms with van der Waals surface area (Å²) in [6.45, 7) is 8.34. The molecule has 5 rings (SSSR count). The van der Waals surface area contributed by atoms with Gasteiger partial charge in [-0.2, -0.15) is 10.2 Å². The fraction of sp³-hybridized carbons (Fsp3) is 0.556. The molecule has 1 N–H and O–H groups in total. The first-order chi connectivity index (χ1) is 17.9. The maximum atomic E-state index is 5.59. The van der Waals surface area contributed by atoms with Crippen LogP contribution in [0.2, 0.25) is 0 Å². The zero-order valence-corrected chi connectivity index (χ0v) is 23.4. The Labute approximate surface area is 222 Å². The van der Waals surface area contributed by atoms with Gasteiger partial charge >= 0.3 is 0 Å². The van der Waals surface area contributed by atoms with Gasteiger partial charge in [0, 0.05) is 41.9 Å². The van der Waals surface area contributed by atoms with Crippen LogP contribution in [0, 0.1) is 6.92 Å². The number of H-pyrrole nitrogens is 1. The van der Waals surface area contributed by atoms with E-state index in [1.165, 1.54) is 36.9 Å². The van der Waals surface area contributed by atoms with Gasteiger partial charge in [-0.05, 0) is 57.6 Å². The molecule has 0 saturated heterocycles. The number of nitrogens with one attached hydrogen (secondary N) is 1. The summed E-state index contributed by atoms with van der Waals surface area (Å²) in [6.07, 6.45) is 8.33. The van der Waals surface area contributed by atoms with Gasteiger partial charge in [0.2, 0.25) is 0 Å². The Bertz CT molecular complexity index is 1350. The molecule has 0 atom stereocenters. The Morgan fingerprint density at radius 3 is 2.70 bits per heavy atom. The Kier molecular flexibility index (Phi) is 7.60. The number of aromatic amines is 1. The van der Waals surface area contributed by atoms with Crippen LogP contribution in [0.3, 0.4) is 0 Å². The summed E-state index contributed by atoms with van der Waals surface area (Å²) in [7, 11) is 5.65. The molecule has 37 heavy (non-hydrogen) atoms. The van der Waals surface area contributed by atoms with Crippen LogP contribution in [0.4, 0.5) is 0 Å². The van der Waals surface area contributed by atoms with E-state index in [0.29, 0.717) is 23.4 Å². The van der Waals surface area contributed by atoms with Crippen molar-refractivity contribution in [1.29, 1.82) is 0 Å². The van der Waals surface area contributed by atoms with Crippen LogP contribution in [0.5, 0.6) is 5.75 Å². The van der Waals surface area contributed by atoms with Crippen LogP contribution in [0.15, 0.2) is 18.6 Å². The lowest BCUT2D eigenvalue weighted by atomic mass is 9.84. The van der Waals surface area contributed by atoms with E-state index in [4.69, 9.17) is 19.6 Å². The summed E-state index contributed by atoms with van der Waals surface area (Å²) < 4.78 is 12.6. The van der Waals surface area contributed by atoms with Gasteiger partial charge < -0.3 is 14.4 Å². The third-order valence-corrected chi connectivity index (χ3v) is 8.94. The lowest BCUT2D eigenvalue weighted by molar-refractivity contribution is 0.120. The molecule has 0 aromatic carbocycles. The van der Waals surface area contributed by atoms with Gasteiger partial charge in [-0.15, -0.1) is 11.3 Å². The van der Waals surface area contributed by atoms with Gasteiger partial charge in [-0.3, -0.25) is 5.10 Å². The van der Waals surface area contributed by atoms with Crippen LogP contribution in [0.1, 0.15) is 67.5 Å². The fourth-order valence-corrected chi connectivity index (χ4v) is 6.81. The van der Waals surface area contributed by atoms with Gasteiger partial charge in [0.25, 0.3) is 0 Å². The molecular formula is C27H37N7O2S. The fourth-order valence-electron chi connectivity index (χ4n) is 5.56. The molecule has 0 bridgehead atoms. The van der Waals surface area contributed by atoms with Gasteiger partial charge in [0.05, 0.1) is 30.8 Å². The summed E-state index contributed by atoms with van der Waals surface area (Å²) in [6, 6.07) is 2.62. The first kappa shape index (κ1) is 25.8. The minimum atomic E-state index is 0.256. The first-order valence-corrected chi connectivity index (χ1v) is 13.9. The summed E-state index contributed by atoms with van der Waals surface area (Å²) >= 11 is 1.83. The molecule has 198 valence electrons. The van der Waals surface area contributed by atoms with Crippen molar-refractivity contribution < 1.29 is 9.47 Å². The Morgan fingerprint density at radius 1 is 1.22 bits per heavy atom. The minimum absolute atomic E-state index is 0.256. The number of hydrogen-bond donors (Lipinski definition) is 1. The standard InChI is InChI=1S/C27H37N7O2S/c1-16(2)22-23(19-13-21(36-6)26-28-15-29-34(26)14-19)31-32-24(22)27-30-17(3)25(37-27)18-7-9-20(10-8-18)33(4)11-12-35-5/h13-16,18,20H,7-12H2,1-6H3,(H,31,32). The van der Waals surface area contributed by atoms with Crippen LogP contribution in [0.25, 0.3) is 27.6 Å². The van der Waals surface area contributed by atoms with Gasteiger partial charge in [-0.25, -0.2) is 14.5 Å². The zero-order chi connectivity index (χ0) is 26.1. The number of thiazole rings is 1. The van der Waals surface area contributed by atoms with Crippen LogP contribution in [-0.4, -0.2) is 75.1 Å². The van der Waals surface area contributed by atoms with Crippen molar-refractivity contribution in [3.63, 3.8) is 0 Å². The third-order valence-electron chi connectivity index (χ3n) is 7.60. The number of fused-ring (bicyclic) bond motifs is 1. The SMILES string of the molecule is COCCN(C)C1CCC(c2sc(-c3[nH]nc(-c4cc(OC)c5ncnn5c4)c3C(C)C)nc2C)CC1. The minimum Gasteiger partial charge on any atom is -0.493 e. The molecule has 4 aromatic rings. The van der Waals surface area contributed by atoms with Crippen molar-refractivity contribution in [2.24, 2.45) is 0 Å². The Hall–Kier alpha value is -2.82. The summed E-state index contributed by atoms with van der Waals surface area (Å²) in [5.41, 5.74) is 5.83. The molecule has 0 radical (unpaired) electrons. The van der Waals surface area contributed by atoms with Crippen LogP contribution >= 0.6 is 11.3 Å². The molecule has 0 spiro atoms. The van der Waals surface area contributed by atoms with Crippen molar-refractivity contribution in [2.45, 2.75) is 64.3 Å². The average Bonchev–Trinajstić information content (AvgIpc) is 3.64. The second-order valence-corrected chi connectivity index (χ2v) is 11.3. The molecule has 4 aromatic heterocycles. The topological polar surface area (TPSA) is 93.5 Å². The highest BCUT2D eigenvalue weighted by atomic mass is 32.1. The number of nitrogens with zero attached hydrogens (tertiary/aromatic N) is 6. The highest BCUT2D eigenvalue weighted by molar-refractivity contribution is 7.15. The molecule has 0 aliphatic heterocycles. The number of hydrogen-bond acceptors (Lipinski definition) is 8.